The number of rotatable bonds is 7. The maximum atomic E-state index is 12.6. The first-order chi connectivity index (χ1) is 23.1. The smallest absolute Gasteiger partial charge is 0.170 e. The minimum absolute atomic E-state index is 0.0300. The average molecular weight is 686 g/mol. The second-order valence-corrected chi connectivity index (χ2v) is 20.3. The number of hydrogen-bond donors (Lipinski definition) is 2. The highest BCUT2D eigenvalue weighted by Crippen LogP contribution is 2.89. The van der Waals surface area contributed by atoms with E-state index in [0.717, 1.165) is 32.5 Å². The molecule has 0 radical (unpaired) electrons. The lowest BCUT2D eigenvalue weighted by atomic mass is 9.41. The standard InChI is InChI=1S/C42H71NO6/c1-9-46-36(38(5,6)45)28-23-26(2)33-34(48-28)35(44)40(8)30-16-15-29-37(3,4)31(17-18-41(29)25-42(30,41)20-19-39(33,40)7)49-32-24-43(21-22-47-32)27-13-11-10-12-14-27/h26-36,44-45H,9-25H2,1-8H3. The number of morpholine rings is 1. The van der Waals surface area contributed by atoms with Crippen molar-refractivity contribution in [2.24, 2.45) is 50.7 Å². The van der Waals surface area contributed by atoms with Crippen LogP contribution < -0.4 is 0 Å². The zero-order valence-electron chi connectivity index (χ0n) is 32.3. The van der Waals surface area contributed by atoms with Gasteiger partial charge in [0.05, 0.1) is 36.6 Å². The Morgan fingerprint density at radius 2 is 1.65 bits per heavy atom. The van der Waals surface area contributed by atoms with Crippen LogP contribution in [-0.2, 0) is 18.9 Å². The summed E-state index contributed by atoms with van der Waals surface area (Å²) in [5.74, 6) is 1.89. The van der Waals surface area contributed by atoms with Crippen LogP contribution >= 0.6 is 0 Å². The Morgan fingerprint density at radius 1 is 0.939 bits per heavy atom. The van der Waals surface area contributed by atoms with Gasteiger partial charge in [0.25, 0.3) is 0 Å². The van der Waals surface area contributed by atoms with E-state index >= 15 is 0 Å². The first kappa shape index (κ1) is 35.7. The van der Waals surface area contributed by atoms with Gasteiger partial charge in [-0.15, -0.1) is 0 Å². The molecular weight excluding hydrogens is 614 g/mol. The third kappa shape index (κ3) is 5.04. The summed E-state index contributed by atoms with van der Waals surface area (Å²) in [6.45, 7) is 21.4. The van der Waals surface area contributed by atoms with Crippen molar-refractivity contribution in [1.82, 2.24) is 4.90 Å². The normalized spacial score (nSPS) is 51.9. The Morgan fingerprint density at radius 3 is 2.37 bits per heavy atom. The van der Waals surface area contributed by atoms with Gasteiger partial charge in [0.2, 0.25) is 0 Å². The van der Waals surface area contributed by atoms with Crippen molar-refractivity contribution >= 4 is 0 Å². The van der Waals surface area contributed by atoms with E-state index in [2.05, 4.69) is 39.5 Å². The largest absolute Gasteiger partial charge is 0.390 e. The van der Waals surface area contributed by atoms with E-state index < -0.39 is 17.8 Å². The van der Waals surface area contributed by atoms with E-state index in [1.54, 1.807) is 0 Å². The topological polar surface area (TPSA) is 80.6 Å². The molecule has 0 aromatic carbocycles. The number of aliphatic hydroxyl groups excluding tert-OH is 1. The van der Waals surface area contributed by atoms with Gasteiger partial charge < -0.3 is 29.2 Å². The molecule has 8 fully saturated rings. The molecule has 8 aliphatic rings. The summed E-state index contributed by atoms with van der Waals surface area (Å²) < 4.78 is 26.5. The van der Waals surface area contributed by atoms with Gasteiger partial charge in [-0.3, -0.25) is 4.90 Å². The molecule has 7 nitrogen and oxygen atoms in total. The molecule has 49 heavy (non-hydrogen) atoms. The van der Waals surface area contributed by atoms with Crippen LogP contribution in [-0.4, -0.2) is 89.9 Å². The maximum absolute atomic E-state index is 12.6. The number of ether oxygens (including phenoxy) is 4. The molecule has 6 saturated carbocycles. The van der Waals surface area contributed by atoms with Gasteiger partial charge in [-0.2, -0.15) is 0 Å². The number of fused-ring (bicyclic) bond motifs is 4. The van der Waals surface area contributed by atoms with E-state index in [4.69, 9.17) is 18.9 Å². The Kier molecular flexibility index (Phi) is 8.84. The fourth-order valence-corrected chi connectivity index (χ4v) is 15.4. The van der Waals surface area contributed by atoms with Gasteiger partial charge in [0.1, 0.15) is 6.10 Å². The second-order valence-electron chi connectivity index (χ2n) is 20.3. The molecule has 7 heteroatoms. The minimum Gasteiger partial charge on any atom is -0.390 e. The van der Waals surface area contributed by atoms with Crippen molar-refractivity contribution in [3.63, 3.8) is 0 Å². The maximum Gasteiger partial charge on any atom is 0.170 e. The summed E-state index contributed by atoms with van der Waals surface area (Å²) in [4.78, 5) is 2.68. The van der Waals surface area contributed by atoms with E-state index in [1.165, 1.54) is 70.6 Å². The van der Waals surface area contributed by atoms with Gasteiger partial charge in [0, 0.05) is 31.2 Å². The van der Waals surface area contributed by atoms with Crippen LogP contribution in [0.1, 0.15) is 139 Å². The molecule has 0 amide bonds. The van der Waals surface area contributed by atoms with Crippen LogP contribution in [0.5, 0.6) is 0 Å². The number of hydrogen-bond acceptors (Lipinski definition) is 7. The first-order valence-electron chi connectivity index (χ1n) is 20.8. The fourth-order valence-electron chi connectivity index (χ4n) is 15.4. The molecule has 2 N–H and O–H groups in total. The molecule has 6 aliphatic carbocycles. The molecule has 2 spiro atoms. The lowest BCUT2D eigenvalue weighted by Crippen LogP contribution is -2.60. The minimum atomic E-state index is -1.01. The summed E-state index contributed by atoms with van der Waals surface area (Å²) in [5.41, 5.74) is -0.374. The van der Waals surface area contributed by atoms with Gasteiger partial charge in [-0.1, -0.05) is 53.9 Å². The van der Waals surface area contributed by atoms with E-state index in [-0.39, 0.29) is 40.8 Å². The van der Waals surface area contributed by atoms with Crippen molar-refractivity contribution in [2.75, 3.05) is 26.3 Å². The van der Waals surface area contributed by atoms with E-state index in [1.807, 2.05) is 20.8 Å². The molecule has 280 valence electrons. The molecular formula is C42H71NO6. The van der Waals surface area contributed by atoms with Crippen LogP contribution in [0.3, 0.4) is 0 Å². The predicted octanol–water partition coefficient (Wildman–Crippen LogP) is 7.35. The zero-order valence-corrected chi connectivity index (χ0v) is 32.3. The first-order valence-corrected chi connectivity index (χ1v) is 20.8. The summed E-state index contributed by atoms with van der Waals surface area (Å²) >= 11 is 0. The molecule has 8 rings (SSSR count). The molecule has 2 heterocycles. The van der Waals surface area contributed by atoms with Crippen LogP contribution in [0.25, 0.3) is 0 Å². The third-order valence-corrected chi connectivity index (χ3v) is 17.6. The Labute approximate surface area is 297 Å². The van der Waals surface area contributed by atoms with Gasteiger partial charge >= 0.3 is 0 Å². The fraction of sp³-hybridized carbons (Fsp3) is 1.00. The summed E-state index contributed by atoms with van der Waals surface area (Å²) in [7, 11) is 0. The van der Waals surface area contributed by atoms with Gasteiger partial charge in [-0.05, 0) is 130 Å². The van der Waals surface area contributed by atoms with Crippen LogP contribution in [0.15, 0.2) is 0 Å². The predicted molar refractivity (Wildman–Crippen MR) is 191 cm³/mol. The zero-order chi connectivity index (χ0) is 34.8. The molecule has 0 aromatic rings. The molecule has 14 atom stereocenters. The summed E-state index contributed by atoms with van der Waals surface area (Å²) in [5, 5.41) is 23.7. The van der Waals surface area contributed by atoms with Crippen LogP contribution in [0, 0.1) is 50.7 Å². The van der Waals surface area contributed by atoms with Crippen molar-refractivity contribution < 1.29 is 29.2 Å². The van der Waals surface area contributed by atoms with E-state index in [9.17, 15) is 10.2 Å². The summed E-state index contributed by atoms with van der Waals surface area (Å²) in [6, 6.07) is 0.716. The highest BCUT2D eigenvalue weighted by atomic mass is 16.7. The highest BCUT2D eigenvalue weighted by Gasteiger charge is 2.84. The average Bonchev–Trinajstić information content (AvgIpc) is 3.69. The molecule has 2 aliphatic heterocycles. The lowest BCUT2D eigenvalue weighted by Gasteiger charge is -2.64. The third-order valence-electron chi connectivity index (χ3n) is 17.6. The summed E-state index contributed by atoms with van der Waals surface area (Å²) in [6.07, 6.45) is 15.1. The van der Waals surface area contributed by atoms with Gasteiger partial charge in [-0.25, -0.2) is 0 Å². The van der Waals surface area contributed by atoms with Crippen molar-refractivity contribution in [3.8, 4) is 0 Å². The number of nitrogens with zero attached hydrogens (tertiary/aromatic N) is 1. The van der Waals surface area contributed by atoms with Gasteiger partial charge in [0.15, 0.2) is 6.29 Å². The second kappa shape index (κ2) is 12.1. The monoisotopic (exact) mass is 686 g/mol. The van der Waals surface area contributed by atoms with Crippen LogP contribution in [0.4, 0.5) is 0 Å². The molecule has 0 bridgehead atoms. The SMILES string of the molecule is CCOC(C1CC(C)C2C(O1)C(O)C1(C)C3CCC4C(C)(C)C(OC5CN(C6CCCCC6)CCO5)CCC45CC35CCC21C)C(C)(C)O. The van der Waals surface area contributed by atoms with E-state index in [0.29, 0.717) is 47.2 Å². The lowest BCUT2D eigenvalue weighted by molar-refractivity contribution is -0.251. The van der Waals surface area contributed by atoms with Crippen molar-refractivity contribution in [3.05, 3.63) is 0 Å². The number of aliphatic hydroxyl groups is 2. The highest BCUT2D eigenvalue weighted by molar-refractivity contribution is 5.33. The van der Waals surface area contributed by atoms with Crippen molar-refractivity contribution in [1.29, 1.82) is 0 Å². The Hall–Kier alpha value is -0.280. The van der Waals surface area contributed by atoms with Crippen LogP contribution in [0.2, 0.25) is 0 Å². The molecule has 2 saturated heterocycles. The quantitative estimate of drug-likeness (QED) is 0.290. The van der Waals surface area contributed by atoms with Crippen molar-refractivity contribution in [2.45, 2.75) is 187 Å². The Bertz CT molecular complexity index is 1230. The Balaban J connectivity index is 1.01. The molecule has 14 unspecified atom stereocenters. The molecule has 0 aromatic heterocycles.